The van der Waals surface area contributed by atoms with Crippen LogP contribution in [0.2, 0.25) is 0 Å². The van der Waals surface area contributed by atoms with E-state index in [4.69, 9.17) is 5.73 Å². The lowest BCUT2D eigenvalue weighted by Gasteiger charge is -2.13. The van der Waals surface area contributed by atoms with Crippen molar-refractivity contribution in [3.05, 3.63) is 62.3 Å². The van der Waals surface area contributed by atoms with Gasteiger partial charge < -0.3 is 5.73 Å². The van der Waals surface area contributed by atoms with E-state index in [1.54, 1.807) is 6.20 Å². The lowest BCUT2D eigenvalue weighted by molar-refractivity contribution is 0.705. The highest BCUT2D eigenvalue weighted by atomic mass is 79.9. The van der Waals surface area contributed by atoms with Crippen LogP contribution < -0.4 is 5.73 Å². The summed E-state index contributed by atoms with van der Waals surface area (Å²) >= 11 is 6.87. The molecule has 2 nitrogen and oxygen atoms in total. The van der Waals surface area contributed by atoms with Crippen LogP contribution in [0.3, 0.4) is 0 Å². The molecule has 0 radical (unpaired) electrons. The first-order chi connectivity index (χ1) is 8.56. The van der Waals surface area contributed by atoms with Crippen LogP contribution in [0, 0.1) is 6.92 Å². The third-order valence-corrected chi connectivity index (χ3v) is 4.19. The number of nitrogens with zero attached hydrogens (tertiary/aromatic N) is 1. The largest absolute Gasteiger partial charge is 0.324 e. The van der Waals surface area contributed by atoms with E-state index in [1.165, 1.54) is 5.56 Å². The minimum Gasteiger partial charge on any atom is -0.324 e. The average Bonchev–Trinajstić information content (AvgIpc) is 2.35. The van der Waals surface area contributed by atoms with Crippen molar-refractivity contribution in [2.75, 3.05) is 0 Å². The fourth-order valence-corrected chi connectivity index (χ4v) is 2.25. The molecule has 0 spiro atoms. The van der Waals surface area contributed by atoms with E-state index in [2.05, 4.69) is 55.9 Å². The Bertz CT molecular complexity index is 538. The van der Waals surface area contributed by atoms with Crippen molar-refractivity contribution in [1.29, 1.82) is 0 Å². The van der Waals surface area contributed by atoms with Gasteiger partial charge in [-0.25, -0.2) is 0 Å². The molecule has 0 aliphatic carbocycles. The summed E-state index contributed by atoms with van der Waals surface area (Å²) in [6, 6.07) is 10.2. The minimum absolute atomic E-state index is 0.0227. The second-order valence-electron chi connectivity index (χ2n) is 4.29. The Labute approximate surface area is 124 Å². The molecule has 1 heterocycles. The van der Waals surface area contributed by atoms with Crippen molar-refractivity contribution < 1.29 is 0 Å². The Morgan fingerprint density at radius 1 is 1.22 bits per heavy atom. The first-order valence-corrected chi connectivity index (χ1v) is 7.27. The summed E-state index contributed by atoms with van der Waals surface area (Å²) in [6.07, 6.45) is 2.54. The summed E-state index contributed by atoms with van der Waals surface area (Å²) < 4.78 is 2.10. The van der Waals surface area contributed by atoms with E-state index in [9.17, 15) is 0 Å². The first kappa shape index (κ1) is 13.7. The lowest BCUT2D eigenvalue weighted by atomic mass is 10.0. The molecule has 0 saturated carbocycles. The summed E-state index contributed by atoms with van der Waals surface area (Å²) in [6.45, 7) is 2.07. The van der Waals surface area contributed by atoms with E-state index >= 15 is 0 Å². The average molecular weight is 370 g/mol. The molecule has 94 valence electrons. The highest BCUT2D eigenvalue weighted by Crippen LogP contribution is 2.22. The van der Waals surface area contributed by atoms with Crippen LogP contribution in [-0.2, 0) is 6.42 Å². The van der Waals surface area contributed by atoms with Gasteiger partial charge in [-0.15, -0.1) is 0 Å². The summed E-state index contributed by atoms with van der Waals surface area (Å²) in [5.41, 5.74) is 9.56. The molecule has 1 aromatic carbocycles. The molecule has 0 aliphatic heterocycles. The number of nitrogens with two attached hydrogens (primary N) is 1. The maximum absolute atomic E-state index is 6.22. The normalized spacial score (nSPS) is 12.4. The molecule has 1 aromatic heterocycles. The summed E-state index contributed by atoms with van der Waals surface area (Å²) in [4.78, 5) is 4.35. The van der Waals surface area contributed by atoms with Crippen molar-refractivity contribution in [3.8, 4) is 0 Å². The number of aryl methyl sites for hydroxylation is 1. The van der Waals surface area contributed by atoms with Crippen LogP contribution in [0.5, 0.6) is 0 Å². The molecular formula is C14H14Br2N2. The van der Waals surface area contributed by atoms with Gasteiger partial charge in [0.05, 0.1) is 0 Å². The molecule has 0 fully saturated rings. The number of benzene rings is 1. The van der Waals surface area contributed by atoms with Gasteiger partial charge in [0, 0.05) is 33.3 Å². The number of aromatic nitrogens is 1. The van der Waals surface area contributed by atoms with Gasteiger partial charge in [0.25, 0.3) is 0 Å². The van der Waals surface area contributed by atoms with Crippen LogP contribution in [0.25, 0.3) is 0 Å². The molecule has 0 bridgehead atoms. The lowest BCUT2D eigenvalue weighted by Crippen LogP contribution is -2.14. The van der Waals surface area contributed by atoms with Crippen molar-refractivity contribution in [2.24, 2.45) is 5.73 Å². The molecule has 2 rings (SSSR count). The maximum atomic E-state index is 6.22. The van der Waals surface area contributed by atoms with Gasteiger partial charge in [-0.3, -0.25) is 4.98 Å². The number of hydrogen-bond acceptors (Lipinski definition) is 2. The fraction of sp³-hybridized carbons (Fsp3) is 0.214. The molecule has 0 saturated heterocycles. The zero-order valence-corrected chi connectivity index (χ0v) is 13.2. The van der Waals surface area contributed by atoms with Crippen LogP contribution in [0.15, 0.2) is 45.5 Å². The van der Waals surface area contributed by atoms with Gasteiger partial charge in [-0.05, 0) is 52.2 Å². The Morgan fingerprint density at radius 3 is 2.61 bits per heavy atom. The van der Waals surface area contributed by atoms with Gasteiger partial charge in [0.1, 0.15) is 0 Å². The predicted octanol–water partition coefficient (Wildman–Crippen LogP) is 4.16. The molecule has 1 atom stereocenters. The fourth-order valence-electron chi connectivity index (χ4n) is 1.77. The van der Waals surface area contributed by atoms with Crippen molar-refractivity contribution in [2.45, 2.75) is 19.4 Å². The minimum atomic E-state index is -0.0227. The highest BCUT2D eigenvalue weighted by Gasteiger charge is 2.09. The Balaban J connectivity index is 2.13. The van der Waals surface area contributed by atoms with Crippen molar-refractivity contribution in [3.63, 3.8) is 0 Å². The molecule has 18 heavy (non-hydrogen) atoms. The van der Waals surface area contributed by atoms with Gasteiger partial charge in [0.2, 0.25) is 0 Å². The van der Waals surface area contributed by atoms with E-state index in [-0.39, 0.29) is 6.04 Å². The van der Waals surface area contributed by atoms with Crippen LogP contribution in [-0.4, -0.2) is 4.98 Å². The molecular weight excluding hydrogens is 356 g/mol. The second-order valence-corrected chi connectivity index (χ2v) is 6.06. The van der Waals surface area contributed by atoms with E-state index in [0.717, 1.165) is 26.6 Å². The van der Waals surface area contributed by atoms with Crippen LogP contribution in [0.4, 0.5) is 0 Å². The maximum Gasteiger partial charge on any atom is 0.0423 e. The molecule has 4 heteroatoms. The SMILES string of the molecule is Cc1cc(C(N)Cc2ccc(Br)cn2)ccc1Br. The molecule has 0 aliphatic rings. The Morgan fingerprint density at radius 2 is 2.00 bits per heavy atom. The van der Waals surface area contributed by atoms with E-state index < -0.39 is 0 Å². The number of pyridine rings is 1. The Hall–Kier alpha value is -0.710. The van der Waals surface area contributed by atoms with Gasteiger partial charge in [-0.1, -0.05) is 28.1 Å². The monoisotopic (exact) mass is 368 g/mol. The van der Waals surface area contributed by atoms with Gasteiger partial charge in [0.15, 0.2) is 0 Å². The zero-order valence-electron chi connectivity index (χ0n) is 10.0. The number of hydrogen-bond donors (Lipinski definition) is 1. The third-order valence-electron chi connectivity index (χ3n) is 2.83. The third kappa shape index (κ3) is 3.40. The first-order valence-electron chi connectivity index (χ1n) is 5.68. The molecule has 2 N–H and O–H groups in total. The predicted molar refractivity (Wildman–Crippen MR) is 81.4 cm³/mol. The number of rotatable bonds is 3. The van der Waals surface area contributed by atoms with Crippen molar-refractivity contribution in [1.82, 2.24) is 4.98 Å². The van der Waals surface area contributed by atoms with E-state index in [1.807, 2.05) is 18.2 Å². The topological polar surface area (TPSA) is 38.9 Å². The second kappa shape index (κ2) is 5.95. The quantitative estimate of drug-likeness (QED) is 0.882. The van der Waals surface area contributed by atoms with E-state index in [0.29, 0.717) is 0 Å². The molecule has 2 aromatic rings. The van der Waals surface area contributed by atoms with Crippen LogP contribution in [0.1, 0.15) is 22.9 Å². The van der Waals surface area contributed by atoms with Crippen molar-refractivity contribution >= 4 is 31.9 Å². The Kier molecular flexibility index (Phi) is 4.54. The summed E-state index contributed by atoms with van der Waals surface area (Å²) in [7, 11) is 0. The smallest absolute Gasteiger partial charge is 0.0423 e. The van der Waals surface area contributed by atoms with Gasteiger partial charge >= 0.3 is 0 Å². The summed E-state index contributed by atoms with van der Waals surface area (Å²) in [5.74, 6) is 0. The molecule has 1 unspecified atom stereocenters. The van der Waals surface area contributed by atoms with Gasteiger partial charge in [-0.2, -0.15) is 0 Å². The number of halogens is 2. The molecule has 0 amide bonds. The standard InChI is InChI=1S/C14H14Br2N2/c1-9-6-10(2-5-13(9)16)14(17)7-12-4-3-11(15)8-18-12/h2-6,8,14H,7,17H2,1H3. The summed E-state index contributed by atoms with van der Waals surface area (Å²) in [5, 5.41) is 0. The van der Waals surface area contributed by atoms with Crippen LogP contribution >= 0.6 is 31.9 Å². The highest BCUT2D eigenvalue weighted by molar-refractivity contribution is 9.10. The zero-order chi connectivity index (χ0) is 13.1.